The molecule has 1 aliphatic heterocycles. The minimum absolute atomic E-state index is 0.0141. The molecule has 0 bridgehead atoms. The Morgan fingerprint density at radius 3 is 2.45 bits per heavy atom. The summed E-state index contributed by atoms with van der Waals surface area (Å²) in [6, 6.07) is 0.283. The summed E-state index contributed by atoms with van der Waals surface area (Å²) < 4.78 is 0. The Bertz CT molecular complexity index is 324. The Morgan fingerprint density at radius 1 is 1.30 bits per heavy atom. The zero-order chi connectivity index (χ0) is 14.7. The summed E-state index contributed by atoms with van der Waals surface area (Å²) in [6.07, 6.45) is 5.46. The largest absolute Gasteiger partial charge is 0.322 e. The Balaban J connectivity index is 2.06. The van der Waals surface area contributed by atoms with E-state index in [9.17, 15) is 4.79 Å². The third kappa shape index (κ3) is 3.17. The minimum atomic E-state index is -0.0141. The number of carbonyl (C=O) groups excluding carboxylic acids is 1. The number of rotatable bonds is 6. The zero-order valence-corrected chi connectivity index (χ0v) is 13.6. The van der Waals surface area contributed by atoms with E-state index < -0.39 is 0 Å². The van der Waals surface area contributed by atoms with Gasteiger partial charge in [-0.25, -0.2) is 0 Å². The quantitative estimate of drug-likeness (QED) is 0.809. The lowest BCUT2D eigenvalue weighted by Crippen LogP contribution is -2.50. The molecule has 1 N–H and O–H groups in total. The number of amides is 1. The molecule has 4 nitrogen and oxygen atoms in total. The molecule has 0 aromatic heterocycles. The van der Waals surface area contributed by atoms with Gasteiger partial charge in [-0.1, -0.05) is 26.7 Å². The van der Waals surface area contributed by atoms with Gasteiger partial charge < -0.3 is 9.80 Å². The normalized spacial score (nSPS) is 29.6. The van der Waals surface area contributed by atoms with Crippen molar-refractivity contribution in [3.8, 4) is 0 Å². The van der Waals surface area contributed by atoms with Crippen molar-refractivity contribution in [3.05, 3.63) is 0 Å². The second-order valence-corrected chi connectivity index (χ2v) is 6.46. The Labute approximate surface area is 123 Å². The molecule has 0 radical (unpaired) electrons. The van der Waals surface area contributed by atoms with Crippen LogP contribution >= 0.6 is 0 Å². The van der Waals surface area contributed by atoms with Gasteiger partial charge >= 0.3 is 0 Å². The first-order chi connectivity index (χ1) is 9.58. The summed E-state index contributed by atoms with van der Waals surface area (Å²) in [4.78, 5) is 17.1. The maximum Gasteiger partial charge on any atom is 0.241 e. The minimum Gasteiger partial charge on any atom is -0.322 e. The van der Waals surface area contributed by atoms with Crippen molar-refractivity contribution in [2.24, 2.45) is 5.92 Å². The van der Waals surface area contributed by atoms with E-state index in [1.54, 1.807) is 0 Å². The van der Waals surface area contributed by atoms with E-state index in [4.69, 9.17) is 0 Å². The molecular formula is C16H31N3O. The first-order valence-corrected chi connectivity index (χ1v) is 8.39. The Morgan fingerprint density at radius 2 is 1.90 bits per heavy atom. The molecule has 4 heteroatoms. The van der Waals surface area contributed by atoms with Crippen molar-refractivity contribution in [3.63, 3.8) is 0 Å². The maximum absolute atomic E-state index is 12.5. The standard InChI is InChI=1S/C16H31N3O/c1-5-18(6-2)11-12(3)19-15(14-9-7-8-10-14)17-13(4)16(19)20/h12-15,17H,5-11H2,1-4H3. The van der Waals surface area contributed by atoms with Crippen molar-refractivity contribution in [1.82, 2.24) is 15.1 Å². The Hall–Kier alpha value is -0.610. The fraction of sp³-hybridized carbons (Fsp3) is 0.938. The van der Waals surface area contributed by atoms with Crippen molar-refractivity contribution < 1.29 is 4.79 Å². The van der Waals surface area contributed by atoms with Gasteiger partial charge in [0.2, 0.25) is 5.91 Å². The molecule has 1 amide bonds. The van der Waals surface area contributed by atoms with Crippen molar-refractivity contribution in [2.75, 3.05) is 19.6 Å². The lowest BCUT2D eigenvalue weighted by molar-refractivity contribution is -0.132. The highest BCUT2D eigenvalue weighted by atomic mass is 16.2. The molecule has 20 heavy (non-hydrogen) atoms. The molecule has 116 valence electrons. The third-order valence-corrected chi connectivity index (χ3v) is 5.08. The molecular weight excluding hydrogens is 250 g/mol. The number of hydrogen-bond acceptors (Lipinski definition) is 3. The molecule has 0 aromatic carbocycles. The fourth-order valence-corrected chi connectivity index (χ4v) is 3.84. The smallest absolute Gasteiger partial charge is 0.241 e. The van der Waals surface area contributed by atoms with E-state index in [0.717, 1.165) is 19.6 Å². The molecule has 1 aliphatic carbocycles. The van der Waals surface area contributed by atoms with Gasteiger partial charge in [-0.15, -0.1) is 0 Å². The second kappa shape index (κ2) is 6.90. The average molecular weight is 281 g/mol. The molecule has 1 heterocycles. The molecule has 3 atom stereocenters. The van der Waals surface area contributed by atoms with Gasteiger partial charge in [0.05, 0.1) is 12.2 Å². The van der Waals surface area contributed by atoms with Crippen LogP contribution in [0.25, 0.3) is 0 Å². The monoisotopic (exact) mass is 281 g/mol. The van der Waals surface area contributed by atoms with Crippen LogP contribution in [-0.4, -0.2) is 53.6 Å². The van der Waals surface area contributed by atoms with Gasteiger partial charge in [0.15, 0.2) is 0 Å². The van der Waals surface area contributed by atoms with Crippen LogP contribution in [0.4, 0.5) is 0 Å². The summed E-state index contributed by atoms with van der Waals surface area (Å²) >= 11 is 0. The average Bonchev–Trinajstić information content (AvgIpc) is 3.05. The van der Waals surface area contributed by atoms with E-state index >= 15 is 0 Å². The van der Waals surface area contributed by atoms with Crippen LogP contribution in [0.5, 0.6) is 0 Å². The molecule has 1 saturated heterocycles. The van der Waals surface area contributed by atoms with Crippen LogP contribution in [0.1, 0.15) is 53.4 Å². The van der Waals surface area contributed by atoms with E-state index in [1.165, 1.54) is 25.7 Å². The predicted octanol–water partition coefficient (Wildman–Crippen LogP) is 2.05. The zero-order valence-electron chi connectivity index (χ0n) is 13.6. The van der Waals surface area contributed by atoms with Crippen molar-refractivity contribution in [1.29, 1.82) is 0 Å². The number of nitrogens with zero attached hydrogens (tertiary/aromatic N) is 2. The fourth-order valence-electron chi connectivity index (χ4n) is 3.84. The Kier molecular flexibility index (Phi) is 5.44. The summed E-state index contributed by atoms with van der Waals surface area (Å²) in [6.45, 7) is 11.7. The van der Waals surface area contributed by atoms with Gasteiger partial charge in [0.25, 0.3) is 0 Å². The summed E-state index contributed by atoms with van der Waals surface area (Å²) in [5.74, 6) is 0.949. The number of nitrogens with one attached hydrogen (secondary N) is 1. The molecule has 2 aliphatic rings. The molecule has 3 unspecified atom stereocenters. The summed E-state index contributed by atoms with van der Waals surface area (Å²) in [7, 11) is 0. The highest BCUT2D eigenvalue weighted by Crippen LogP contribution is 2.33. The van der Waals surface area contributed by atoms with Crippen molar-refractivity contribution in [2.45, 2.75) is 71.6 Å². The SMILES string of the molecule is CCN(CC)CC(C)N1C(=O)C(C)NC1C1CCCC1. The van der Waals surface area contributed by atoms with Crippen LogP contribution in [0.15, 0.2) is 0 Å². The van der Waals surface area contributed by atoms with Gasteiger partial charge in [-0.2, -0.15) is 0 Å². The van der Waals surface area contributed by atoms with E-state index in [0.29, 0.717) is 17.9 Å². The van der Waals surface area contributed by atoms with Gasteiger partial charge in [0.1, 0.15) is 0 Å². The van der Waals surface area contributed by atoms with Crippen LogP contribution < -0.4 is 5.32 Å². The lowest BCUT2D eigenvalue weighted by atomic mass is 10.0. The molecule has 1 saturated carbocycles. The predicted molar refractivity (Wildman–Crippen MR) is 82.4 cm³/mol. The first-order valence-electron chi connectivity index (χ1n) is 8.39. The van der Waals surface area contributed by atoms with Crippen LogP contribution in [0.2, 0.25) is 0 Å². The van der Waals surface area contributed by atoms with E-state index in [1.807, 2.05) is 6.92 Å². The number of hydrogen-bond donors (Lipinski definition) is 1. The first kappa shape index (κ1) is 15.8. The van der Waals surface area contributed by atoms with Gasteiger partial charge in [0, 0.05) is 12.6 Å². The van der Waals surface area contributed by atoms with Crippen molar-refractivity contribution >= 4 is 5.91 Å². The third-order valence-electron chi connectivity index (χ3n) is 5.08. The molecule has 0 aromatic rings. The summed E-state index contributed by atoms with van der Waals surface area (Å²) in [5, 5.41) is 3.54. The molecule has 0 spiro atoms. The van der Waals surface area contributed by atoms with Gasteiger partial charge in [-0.05, 0) is 45.7 Å². The molecule has 2 fully saturated rings. The topological polar surface area (TPSA) is 35.6 Å². The molecule has 2 rings (SSSR count). The summed E-state index contributed by atoms with van der Waals surface area (Å²) in [5.41, 5.74) is 0. The number of likely N-dealkylation sites (N-methyl/N-ethyl adjacent to an activating group) is 1. The van der Waals surface area contributed by atoms with Crippen LogP contribution in [0, 0.1) is 5.92 Å². The second-order valence-electron chi connectivity index (χ2n) is 6.46. The maximum atomic E-state index is 12.5. The van der Waals surface area contributed by atoms with E-state index in [-0.39, 0.29) is 12.2 Å². The highest BCUT2D eigenvalue weighted by Gasteiger charge is 2.43. The number of carbonyl (C=O) groups is 1. The van der Waals surface area contributed by atoms with Crippen LogP contribution in [-0.2, 0) is 4.79 Å². The highest BCUT2D eigenvalue weighted by molar-refractivity contribution is 5.84. The van der Waals surface area contributed by atoms with Gasteiger partial charge in [-0.3, -0.25) is 10.1 Å². The van der Waals surface area contributed by atoms with E-state index in [2.05, 4.69) is 35.9 Å². The lowest BCUT2D eigenvalue weighted by Gasteiger charge is -2.36. The van der Waals surface area contributed by atoms with Crippen LogP contribution in [0.3, 0.4) is 0 Å².